The second-order valence-corrected chi connectivity index (χ2v) is 3.77. The van der Waals surface area contributed by atoms with Crippen LogP contribution < -0.4 is 15.2 Å². The molecule has 0 saturated carbocycles. The van der Waals surface area contributed by atoms with Crippen LogP contribution in [0.1, 0.15) is 0 Å². The first-order chi connectivity index (χ1) is 8.70. The number of aryl methyl sites for hydroxylation is 1. The molecule has 2 aromatic rings. The molecule has 0 saturated heterocycles. The highest BCUT2D eigenvalue weighted by atomic mass is 16.5. The maximum atomic E-state index is 11.5. The summed E-state index contributed by atoms with van der Waals surface area (Å²) < 4.78 is 13.3. The third-order valence-electron chi connectivity index (χ3n) is 2.52. The Balaban J connectivity index is 1.88. The summed E-state index contributed by atoms with van der Waals surface area (Å²) in [5.74, 6) is 1.52. The van der Waals surface area contributed by atoms with Crippen molar-refractivity contribution in [2.24, 2.45) is 7.05 Å². The first-order valence-corrected chi connectivity index (χ1v) is 5.56. The molecule has 96 valence electrons. The summed E-state index contributed by atoms with van der Waals surface area (Å²) in [5.41, 5.74) is -0.145. The molecule has 0 atom stereocenters. The Kier molecular flexibility index (Phi) is 3.66. The Bertz CT molecular complexity index is 557. The molecular formula is C12H15N3O3. The maximum Gasteiger partial charge on any atom is 0.345 e. The van der Waals surface area contributed by atoms with E-state index in [1.54, 1.807) is 14.2 Å². The minimum absolute atomic E-state index is 0.145. The Morgan fingerprint density at radius 1 is 1.22 bits per heavy atom. The molecule has 0 amide bonds. The van der Waals surface area contributed by atoms with Crippen LogP contribution in [0.4, 0.5) is 0 Å². The lowest BCUT2D eigenvalue weighted by atomic mass is 10.3. The monoisotopic (exact) mass is 249 g/mol. The van der Waals surface area contributed by atoms with Gasteiger partial charge in [0.2, 0.25) is 0 Å². The summed E-state index contributed by atoms with van der Waals surface area (Å²) >= 11 is 0. The molecule has 6 heteroatoms. The van der Waals surface area contributed by atoms with Crippen LogP contribution in [0, 0.1) is 0 Å². The molecule has 1 aromatic carbocycles. The SMILES string of the molecule is COc1ccc(OCCn2ncn(C)c2=O)cc1. The Hall–Kier alpha value is -2.24. The van der Waals surface area contributed by atoms with Gasteiger partial charge in [-0.25, -0.2) is 9.48 Å². The summed E-state index contributed by atoms with van der Waals surface area (Å²) in [5, 5.41) is 3.94. The van der Waals surface area contributed by atoms with Crippen LogP contribution in [0.2, 0.25) is 0 Å². The number of ether oxygens (including phenoxy) is 2. The third kappa shape index (κ3) is 2.71. The molecule has 0 aliphatic carbocycles. The van der Waals surface area contributed by atoms with Crippen molar-refractivity contribution in [3.63, 3.8) is 0 Å². The number of aromatic nitrogens is 3. The van der Waals surface area contributed by atoms with Gasteiger partial charge >= 0.3 is 5.69 Å². The smallest absolute Gasteiger partial charge is 0.345 e. The van der Waals surface area contributed by atoms with E-state index >= 15 is 0 Å². The molecule has 0 spiro atoms. The van der Waals surface area contributed by atoms with Crippen molar-refractivity contribution in [1.82, 2.24) is 14.3 Å². The fourth-order valence-electron chi connectivity index (χ4n) is 1.50. The van der Waals surface area contributed by atoms with Gasteiger partial charge in [-0.2, -0.15) is 5.10 Å². The Morgan fingerprint density at radius 3 is 2.44 bits per heavy atom. The second-order valence-electron chi connectivity index (χ2n) is 3.77. The molecule has 6 nitrogen and oxygen atoms in total. The lowest BCUT2D eigenvalue weighted by Crippen LogP contribution is -2.25. The summed E-state index contributed by atoms with van der Waals surface area (Å²) in [4.78, 5) is 11.5. The first kappa shape index (κ1) is 12.2. The van der Waals surface area contributed by atoms with Crippen molar-refractivity contribution >= 4 is 0 Å². The number of benzene rings is 1. The van der Waals surface area contributed by atoms with Gasteiger partial charge in [-0.15, -0.1) is 0 Å². The minimum Gasteiger partial charge on any atom is -0.497 e. The van der Waals surface area contributed by atoms with Gasteiger partial charge in [0.15, 0.2) is 0 Å². The standard InChI is InChI=1S/C12H15N3O3/c1-14-9-13-15(12(14)16)7-8-18-11-5-3-10(17-2)4-6-11/h3-6,9H,7-8H2,1-2H3. The van der Waals surface area contributed by atoms with Crippen molar-refractivity contribution in [3.8, 4) is 11.5 Å². The average Bonchev–Trinajstić information content (AvgIpc) is 2.71. The number of methoxy groups -OCH3 is 1. The Labute approximate surface area is 104 Å². The molecule has 0 unspecified atom stereocenters. The molecule has 0 radical (unpaired) electrons. The van der Waals surface area contributed by atoms with Crippen molar-refractivity contribution < 1.29 is 9.47 Å². The van der Waals surface area contributed by atoms with E-state index in [1.165, 1.54) is 15.6 Å². The Morgan fingerprint density at radius 2 is 1.89 bits per heavy atom. The average molecular weight is 249 g/mol. The fourth-order valence-corrected chi connectivity index (χ4v) is 1.50. The fraction of sp³-hybridized carbons (Fsp3) is 0.333. The summed E-state index contributed by atoms with van der Waals surface area (Å²) in [6, 6.07) is 7.28. The van der Waals surface area contributed by atoms with Gasteiger partial charge < -0.3 is 9.47 Å². The quantitative estimate of drug-likeness (QED) is 0.781. The van der Waals surface area contributed by atoms with Gasteiger partial charge in [0.1, 0.15) is 24.4 Å². The van der Waals surface area contributed by atoms with E-state index < -0.39 is 0 Å². The number of rotatable bonds is 5. The van der Waals surface area contributed by atoms with E-state index in [1.807, 2.05) is 24.3 Å². The zero-order chi connectivity index (χ0) is 13.0. The summed E-state index contributed by atoms with van der Waals surface area (Å²) in [7, 11) is 3.28. The van der Waals surface area contributed by atoms with Crippen LogP contribution >= 0.6 is 0 Å². The lowest BCUT2D eigenvalue weighted by molar-refractivity contribution is 0.288. The van der Waals surface area contributed by atoms with Crippen molar-refractivity contribution in [3.05, 3.63) is 41.1 Å². The molecule has 0 aliphatic heterocycles. The number of nitrogens with zero attached hydrogens (tertiary/aromatic N) is 3. The normalized spacial score (nSPS) is 10.3. The lowest BCUT2D eigenvalue weighted by Gasteiger charge is -2.06. The topological polar surface area (TPSA) is 58.3 Å². The summed E-state index contributed by atoms with van der Waals surface area (Å²) in [6.07, 6.45) is 1.48. The molecular weight excluding hydrogens is 234 g/mol. The highest BCUT2D eigenvalue weighted by Gasteiger charge is 2.01. The van der Waals surface area contributed by atoms with E-state index in [4.69, 9.17) is 9.47 Å². The number of hydrogen-bond acceptors (Lipinski definition) is 4. The highest BCUT2D eigenvalue weighted by molar-refractivity contribution is 5.31. The largest absolute Gasteiger partial charge is 0.497 e. The van der Waals surface area contributed by atoms with Gasteiger partial charge in [-0.1, -0.05) is 0 Å². The molecule has 0 N–H and O–H groups in total. The van der Waals surface area contributed by atoms with Gasteiger partial charge in [0.05, 0.1) is 13.7 Å². The zero-order valence-electron chi connectivity index (χ0n) is 10.4. The molecule has 1 aromatic heterocycles. The van der Waals surface area contributed by atoms with E-state index in [0.717, 1.165) is 11.5 Å². The summed E-state index contributed by atoms with van der Waals surface area (Å²) in [6.45, 7) is 0.814. The van der Waals surface area contributed by atoms with E-state index in [2.05, 4.69) is 5.10 Å². The zero-order valence-corrected chi connectivity index (χ0v) is 10.4. The molecule has 0 bridgehead atoms. The van der Waals surface area contributed by atoms with Gasteiger partial charge in [-0.3, -0.25) is 4.57 Å². The predicted molar refractivity (Wildman–Crippen MR) is 66.0 cm³/mol. The molecule has 0 aliphatic rings. The molecule has 0 fully saturated rings. The van der Waals surface area contributed by atoms with Crippen molar-refractivity contribution in [2.45, 2.75) is 6.54 Å². The number of hydrogen-bond donors (Lipinski definition) is 0. The van der Waals surface area contributed by atoms with Crippen LogP contribution in [-0.4, -0.2) is 28.1 Å². The molecule has 2 rings (SSSR count). The van der Waals surface area contributed by atoms with Gasteiger partial charge in [-0.05, 0) is 24.3 Å². The van der Waals surface area contributed by atoms with Crippen LogP contribution in [0.25, 0.3) is 0 Å². The van der Waals surface area contributed by atoms with Gasteiger partial charge in [0, 0.05) is 7.05 Å². The molecule has 18 heavy (non-hydrogen) atoms. The van der Waals surface area contributed by atoms with E-state index in [-0.39, 0.29) is 5.69 Å². The predicted octanol–water partition coefficient (Wildman–Crippen LogP) is 0.669. The highest BCUT2D eigenvalue weighted by Crippen LogP contribution is 2.16. The minimum atomic E-state index is -0.145. The van der Waals surface area contributed by atoms with Crippen molar-refractivity contribution in [1.29, 1.82) is 0 Å². The van der Waals surface area contributed by atoms with Crippen molar-refractivity contribution in [2.75, 3.05) is 13.7 Å². The van der Waals surface area contributed by atoms with Crippen LogP contribution in [-0.2, 0) is 13.6 Å². The van der Waals surface area contributed by atoms with Crippen LogP contribution in [0.3, 0.4) is 0 Å². The molecule has 1 heterocycles. The maximum absolute atomic E-state index is 11.5. The van der Waals surface area contributed by atoms with Crippen LogP contribution in [0.5, 0.6) is 11.5 Å². The van der Waals surface area contributed by atoms with E-state index in [0.29, 0.717) is 13.2 Å². The van der Waals surface area contributed by atoms with Crippen LogP contribution in [0.15, 0.2) is 35.4 Å². The first-order valence-electron chi connectivity index (χ1n) is 5.56. The third-order valence-corrected chi connectivity index (χ3v) is 2.52. The van der Waals surface area contributed by atoms with Gasteiger partial charge in [0.25, 0.3) is 0 Å². The van der Waals surface area contributed by atoms with E-state index in [9.17, 15) is 4.79 Å². The second kappa shape index (κ2) is 5.39.